The largest absolute Gasteiger partial charge is 0.476 e. The first kappa shape index (κ1) is 14.0. The molecular weight excluding hydrogens is 244 g/mol. The van der Waals surface area contributed by atoms with Gasteiger partial charge in [0.15, 0.2) is 0 Å². The lowest BCUT2D eigenvalue weighted by Crippen LogP contribution is -2.37. The van der Waals surface area contributed by atoms with E-state index in [2.05, 4.69) is 19.8 Å². The van der Waals surface area contributed by atoms with Crippen LogP contribution in [0.15, 0.2) is 6.07 Å². The highest BCUT2D eigenvalue weighted by molar-refractivity contribution is 5.34. The molecule has 0 spiro atoms. The van der Waals surface area contributed by atoms with Gasteiger partial charge in [-0.3, -0.25) is 0 Å². The number of anilines is 1. The van der Waals surface area contributed by atoms with Crippen LogP contribution in [0.3, 0.4) is 0 Å². The Labute approximate surface area is 114 Å². The van der Waals surface area contributed by atoms with E-state index in [1.807, 2.05) is 27.1 Å². The molecule has 6 nitrogen and oxygen atoms in total. The van der Waals surface area contributed by atoms with E-state index in [9.17, 15) is 0 Å². The van der Waals surface area contributed by atoms with Crippen LogP contribution in [0.5, 0.6) is 5.88 Å². The minimum Gasteiger partial charge on any atom is -0.476 e. The van der Waals surface area contributed by atoms with Crippen molar-refractivity contribution in [3.63, 3.8) is 0 Å². The molecule has 0 aromatic carbocycles. The number of aromatic nitrogens is 2. The second-order valence-corrected chi connectivity index (χ2v) is 4.90. The van der Waals surface area contributed by atoms with E-state index in [4.69, 9.17) is 9.47 Å². The van der Waals surface area contributed by atoms with E-state index in [-0.39, 0.29) is 0 Å². The van der Waals surface area contributed by atoms with Crippen LogP contribution in [-0.4, -0.2) is 68.4 Å². The molecule has 2 heterocycles. The molecule has 106 valence electrons. The van der Waals surface area contributed by atoms with E-state index in [0.717, 1.165) is 44.5 Å². The van der Waals surface area contributed by atoms with Gasteiger partial charge in [0.2, 0.25) is 11.8 Å². The van der Waals surface area contributed by atoms with Gasteiger partial charge in [-0.15, -0.1) is 0 Å². The molecule has 1 fully saturated rings. The Morgan fingerprint density at radius 2 is 2.05 bits per heavy atom. The first-order valence-corrected chi connectivity index (χ1v) is 6.61. The molecule has 1 aliphatic heterocycles. The number of hydrogen-bond acceptors (Lipinski definition) is 6. The molecular formula is C13H22N4O2. The number of likely N-dealkylation sites (N-methyl/N-ethyl adjacent to an activating group) is 1. The van der Waals surface area contributed by atoms with Crippen molar-refractivity contribution in [3.8, 4) is 5.88 Å². The van der Waals surface area contributed by atoms with Gasteiger partial charge in [0, 0.05) is 31.4 Å². The zero-order valence-electron chi connectivity index (χ0n) is 11.9. The molecule has 0 aliphatic carbocycles. The topological polar surface area (TPSA) is 50.7 Å². The number of aryl methyl sites for hydroxylation is 1. The maximum atomic E-state index is 5.68. The van der Waals surface area contributed by atoms with E-state index >= 15 is 0 Å². The van der Waals surface area contributed by atoms with Crippen molar-refractivity contribution in [2.45, 2.75) is 6.92 Å². The van der Waals surface area contributed by atoms with E-state index < -0.39 is 0 Å². The van der Waals surface area contributed by atoms with Crippen LogP contribution < -0.4 is 9.64 Å². The molecule has 1 aliphatic rings. The summed E-state index contributed by atoms with van der Waals surface area (Å²) in [6, 6.07) is 1.87. The molecule has 1 saturated heterocycles. The molecule has 0 N–H and O–H groups in total. The number of nitrogens with zero attached hydrogens (tertiary/aromatic N) is 4. The van der Waals surface area contributed by atoms with E-state index in [0.29, 0.717) is 12.5 Å². The smallest absolute Gasteiger partial charge is 0.229 e. The summed E-state index contributed by atoms with van der Waals surface area (Å²) in [6.07, 6.45) is 0. The Morgan fingerprint density at radius 3 is 2.74 bits per heavy atom. The van der Waals surface area contributed by atoms with Crippen molar-refractivity contribution in [1.29, 1.82) is 0 Å². The molecule has 0 radical (unpaired) electrons. The van der Waals surface area contributed by atoms with Crippen molar-refractivity contribution in [1.82, 2.24) is 14.9 Å². The monoisotopic (exact) mass is 266 g/mol. The summed E-state index contributed by atoms with van der Waals surface area (Å²) >= 11 is 0. The van der Waals surface area contributed by atoms with Crippen molar-refractivity contribution in [3.05, 3.63) is 11.8 Å². The second kappa shape index (κ2) is 6.68. The SMILES string of the molecule is Cc1cc(OCCN(C)C)nc(N2CCOCC2)n1. The van der Waals surface area contributed by atoms with E-state index in [1.165, 1.54) is 0 Å². The summed E-state index contributed by atoms with van der Waals surface area (Å²) in [7, 11) is 4.04. The Morgan fingerprint density at radius 1 is 1.32 bits per heavy atom. The molecule has 1 aromatic rings. The molecule has 1 aromatic heterocycles. The molecule has 2 rings (SSSR count). The number of rotatable bonds is 5. The van der Waals surface area contributed by atoms with Gasteiger partial charge in [-0.25, -0.2) is 4.98 Å². The number of hydrogen-bond donors (Lipinski definition) is 0. The van der Waals surface area contributed by atoms with Crippen LogP contribution >= 0.6 is 0 Å². The molecule has 0 bridgehead atoms. The predicted molar refractivity (Wildman–Crippen MR) is 73.9 cm³/mol. The van der Waals surface area contributed by atoms with Gasteiger partial charge >= 0.3 is 0 Å². The van der Waals surface area contributed by atoms with Gasteiger partial charge in [0.1, 0.15) is 6.61 Å². The lowest BCUT2D eigenvalue weighted by atomic mass is 10.4. The van der Waals surface area contributed by atoms with Gasteiger partial charge in [0.25, 0.3) is 0 Å². The molecule has 0 atom stereocenters. The molecule has 0 unspecified atom stereocenters. The second-order valence-electron chi connectivity index (χ2n) is 4.90. The number of morpholine rings is 1. The van der Waals surface area contributed by atoms with Crippen LogP contribution in [0, 0.1) is 6.92 Å². The Kier molecular flexibility index (Phi) is 4.93. The summed E-state index contributed by atoms with van der Waals surface area (Å²) in [5.41, 5.74) is 0.927. The lowest BCUT2D eigenvalue weighted by molar-refractivity contribution is 0.122. The lowest BCUT2D eigenvalue weighted by Gasteiger charge is -2.27. The van der Waals surface area contributed by atoms with Crippen molar-refractivity contribution < 1.29 is 9.47 Å². The quantitative estimate of drug-likeness (QED) is 0.776. The van der Waals surface area contributed by atoms with Crippen LogP contribution in [0.4, 0.5) is 5.95 Å². The first-order valence-electron chi connectivity index (χ1n) is 6.61. The van der Waals surface area contributed by atoms with Crippen molar-refractivity contribution in [2.75, 3.05) is 58.5 Å². The average molecular weight is 266 g/mol. The van der Waals surface area contributed by atoms with Gasteiger partial charge in [-0.2, -0.15) is 4.98 Å². The predicted octanol–water partition coefficient (Wildman–Crippen LogP) is 0.562. The summed E-state index contributed by atoms with van der Waals surface area (Å²) in [6.45, 7) is 6.59. The minimum atomic E-state index is 0.631. The van der Waals surface area contributed by atoms with Crippen molar-refractivity contribution >= 4 is 5.95 Å². The fourth-order valence-corrected chi connectivity index (χ4v) is 1.84. The highest BCUT2D eigenvalue weighted by atomic mass is 16.5. The Hall–Kier alpha value is -1.40. The van der Waals surface area contributed by atoms with Crippen LogP contribution in [-0.2, 0) is 4.74 Å². The standard InChI is InChI=1S/C13H22N4O2/c1-11-10-12(19-9-4-16(2)3)15-13(14-11)17-5-7-18-8-6-17/h10H,4-9H2,1-3H3. The fraction of sp³-hybridized carbons (Fsp3) is 0.692. The zero-order chi connectivity index (χ0) is 13.7. The highest BCUT2D eigenvalue weighted by Gasteiger charge is 2.15. The molecule has 6 heteroatoms. The summed E-state index contributed by atoms with van der Waals surface area (Å²) in [4.78, 5) is 13.2. The fourth-order valence-electron chi connectivity index (χ4n) is 1.84. The summed E-state index contributed by atoms with van der Waals surface area (Å²) in [5.74, 6) is 1.39. The maximum Gasteiger partial charge on any atom is 0.229 e. The van der Waals surface area contributed by atoms with Crippen LogP contribution in [0.1, 0.15) is 5.69 Å². The summed E-state index contributed by atoms with van der Waals surface area (Å²) in [5, 5.41) is 0. The molecule has 0 amide bonds. The van der Waals surface area contributed by atoms with Gasteiger partial charge in [-0.05, 0) is 21.0 Å². The van der Waals surface area contributed by atoms with Crippen molar-refractivity contribution in [2.24, 2.45) is 0 Å². The van der Waals surface area contributed by atoms with Gasteiger partial charge < -0.3 is 19.3 Å². The summed E-state index contributed by atoms with van der Waals surface area (Å²) < 4.78 is 11.0. The Bertz CT molecular complexity index is 406. The van der Waals surface area contributed by atoms with Gasteiger partial charge in [0.05, 0.1) is 13.2 Å². The third-order valence-electron chi connectivity index (χ3n) is 2.90. The molecule has 19 heavy (non-hydrogen) atoms. The Balaban J connectivity index is 2.01. The van der Waals surface area contributed by atoms with Gasteiger partial charge in [-0.1, -0.05) is 0 Å². The minimum absolute atomic E-state index is 0.631. The van der Waals surface area contributed by atoms with E-state index in [1.54, 1.807) is 0 Å². The van der Waals surface area contributed by atoms with Crippen LogP contribution in [0.25, 0.3) is 0 Å². The normalized spacial score (nSPS) is 15.9. The highest BCUT2D eigenvalue weighted by Crippen LogP contribution is 2.16. The third-order valence-corrected chi connectivity index (χ3v) is 2.90. The third kappa shape index (κ3) is 4.33. The zero-order valence-corrected chi connectivity index (χ0v) is 11.9. The maximum absolute atomic E-state index is 5.68. The number of ether oxygens (including phenoxy) is 2. The van der Waals surface area contributed by atoms with Crippen LogP contribution in [0.2, 0.25) is 0 Å². The molecule has 0 saturated carbocycles. The average Bonchev–Trinajstić information content (AvgIpc) is 2.39. The first-order chi connectivity index (χ1) is 9.15.